The van der Waals surface area contributed by atoms with Crippen molar-refractivity contribution in [2.45, 2.75) is 46.1 Å². The number of hydrogen-bond donors (Lipinski definition) is 1. The average Bonchev–Trinajstić information content (AvgIpc) is 2.34. The van der Waals surface area contributed by atoms with Crippen LogP contribution in [-0.2, 0) is 4.79 Å². The van der Waals surface area contributed by atoms with Gasteiger partial charge in [-0.15, -0.1) is 0 Å². The fourth-order valence-electron chi connectivity index (χ4n) is 2.72. The molecule has 0 unspecified atom stereocenters. The van der Waals surface area contributed by atoms with Crippen LogP contribution in [0.25, 0.3) is 0 Å². The van der Waals surface area contributed by atoms with Crippen LogP contribution < -0.4 is 5.73 Å². The van der Waals surface area contributed by atoms with Gasteiger partial charge >= 0.3 is 0 Å². The Morgan fingerprint density at radius 3 is 2.21 bits per heavy atom. The lowest BCUT2D eigenvalue weighted by atomic mass is 9.80. The van der Waals surface area contributed by atoms with Gasteiger partial charge in [-0.1, -0.05) is 26.1 Å². The van der Waals surface area contributed by atoms with E-state index in [9.17, 15) is 4.79 Å². The van der Waals surface area contributed by atoms with Crippen LogP contribution in [0.4, 0.5) is 0 Å². The van der Waals surface area contributed by atoms with Gasteiger partial charge in [0, 0.05) is 25.2 Å². The molecule has 1 aliphatic rings. The van der Waals surface area contributed by atoms with Crippen molar-refractivity contribution in [3.63, 3.8) is 0 Å². The molecular weight excluding hydrogens is 258 g/mol. The van der Waals surface area contributed by atoms with Gasteiger partial charge in [-0.3, -0.25) is 9.69 Å². The quantitative estimate of drug-likeness (QED) is 0.798. The molecule has 0 saturated carbocycles. The summed E-state index contributed by atoms with van der Waals surface area (Å²) in [7, 11) is 2.10. The average molecular weight is 285 g/mol. The molecule has 0 aromatic rings. The Hall–Kier alpha value is -0.680. The first-order valence-electron chi connectivity index (χ1n) is 7.01. The molecule has 0 aromatic heterocycles. The van der Waals surface area contributed by atoms with Crippen molar-refractivity contribution in [1.29, 1.82) is 0 Å². The Labute approximate surface area is 122 Å². The van der Waals surface area contributed by atoms with Crippen LogP contribution in [-0.4, -0.2) is 52.9 Å². The van der Waals surface area contributed by atoms with Crippen LogP contribution in [0.15, 0.2) is 0 Å². The number of carbonyl (C=O) groups is 1. The van der Waals surface area contributed by atoms with E-state index in [-0.39, 0.29) is 11.4 Å². The minimum absolute atomic E-state index is 0.00263. The predicted molar refractivity (Wildman–Crippen MR) is 83.1 cm³/mol. The molecule has 1 saturated heterocycles. The van der Waals surface area contributed by atoms with Gasteiger partial charge in [0.2, 0.25) is 5.91 Å². The molecule has 110 valence electrons. The molecule has 0 atom stereocenters. The lowest BCUT2D eigenvalue weighted by Gasteiger charge is -2.47. The summed E-state index contributed by atoms with van der Waals surface area (Å²) in [6.07, 6.45) is 1.34. The zero-order valence-corrected chi connectivity index (χ0v) is 13.6. The van der Waals surface area contributed by atoms with Gasteiger partial charge < -0.3 is 10.6 Å². The summed E-state index contributed by atoms with van der Waals surface area (Å²) in [6, 6.07) is 0. The minimum Gasteiger partial charge on any atom is -0.392 e. The van der Waals surface area contributed by atoms with E-state index in [1.165, 1.54) is 0 Å². The molecule has 1 aliphatic heterocycles. The number of carbonyl (C=O) groups excluding carboxylic acids is 1. The Morgan fingerprint density at radius 1 is 1.32 bits per heavy atom. The van der Waals surface area contributed by atoms with Crippen molar-refractivity contribution >= 4 is 23.1 Å². The molecule has 1 fully saturated rings. The van der Waals surface area contributed by atoms with E-state index in [0.29, 0.717) is 17.8 Å². The Morgan fingerprint density at radius 2 is 1.84 bits per heavy atom. The van der Waals surface area contributed by atoms with Crippen molar-refractivity contribution in [1.82, 2.24) is 9.80 Å². The molecule has 0 spiro atoms. The maximum Gasteiger partial charge on any atom is 0.235 e. The number of hydrogen-bond acceptors (Lipinski definition) is 3. The Kier molecular flexibility index (Phi) is 4.96. The van der Waals surface area contributed by atoms with Gasteiger partial charge in [-0.25, -0.2) is 0 Å². The second kappa shape index (κ2) is 5.75. The summed E-state index contributed by atoms with van der Waals surface area (Å²) in [5, 5.41) is 0. The highest BCUT2D eigenvalue weighted by atomic mass is 32.1. The third kappa shape index (κ3) is 2.92. The standard InChI is InChI=1S/C14H27N3OS/c1-6-14(7-2,11(15)19)12(18)17-9-8-16(5)13(3,4)10-17/h6-10H2,1-5H3,(H2,15,19). The van der Waals surface area contributed by atoms with Gasteiger partial charge in [0.05, 0.1) is 10.4 Å². The first kappa shape index (κ1) is 16.4. The zero-order valence-electron chi connectivity index (χ0n) is 12.8. The third-order valence-corrected chi connectivity index (χ3v) is 5.08. The van der Waals surface area contributed by atoms with E-state index in [2.05, 4.69) is 25.8 Å². The number of rotatable bonds is 4. The van der Waals surface area contributed by atoms with Crippen molar-refractivity contribution in [2.75, 3.05) is 26.7 Å². The highest BCUT2D eigenvalue weighted by Gasteiger charge is 2.44. The van der Waals surface area contributed by atoms with Crippen molar-refractivity contribution < 1.29 is 4.79 Å². The normalized spacial score (nSPS) is 20.4. The lowest BCUT2D eigenvalue weighted by molar-refractivity contribution is -0.143. The fourth-order valence-corrected chi connectivity index (χ4v) is 3.10. The molecular formula is C14H27N3OS. The van der Waals surface area contributed by atoms with Crippen LogP contribution >= 0.6 is 12.2 Å². The maximum absolute atomic E-state index is 12.9. The molecule has 5 heteroatoms. The third-order valence-electron chi connectivity index (χ3n) is 4.69. The largest absolute Gasteiger partial charge is 0.392 e. The van der Waals surface area contributed by atoms with E-state index < -0.39 is 5.41 Å². The molecule has 19 heavy (non-hydrogen) atoms. The monoisotopic (exact) mass is 285 g/mol. The molecule has 0 radical (unpaired) electrons. The highest BCUT2D eigenvalue weighted by Crippen LogP contribution is 2.31. The van der Waals surface area contributed by atoms with Crippen LogP contribution in [0.5, 0.6) is 0 Å². The van der Waals surface area contributed by atoms with Gasteiger partial charge in [0.15, 0.2) is 0 Å². The second-order valence-electron chi connectivity index (χ2n) is 6.11. The SMILES string of the molecule is CCC(CC)(C(=O)N1CCN(C)C(C)(C)C1)C(N)=S. The van der Waals surface area contributed by atoms with E-state index in [4.69, 9.17) is 18.0 Å². The first-order valence-corrected chi connectivity index (χ1v) is 7.42. The number of amides is 1. The Balaban J connectivity index is 2.97. The molecule has 1 amide bonds. The van der Waals surface area contributed by atoms with Crippen molar-refractivity contribution in [3.05, 3.63) is 0 Å². The summed E-state index contributed by atoms with van der Waals surface area (Å²) in [5.74, 6) is 0.103. The van der Waals surface area contributed by atoms with E-state index >= 15 is 0 Å². The second-order valence-corrected chi connectivity index (χ2v) is 6.55. The number of thiocarbonyl (C=S) groups is 1. The predicted octanol–water partition coefficient (Wildman–Crippen LogP) is 1.63. The molecule has 1 rings (SSSR count). The van der Waals surface area contributed by atoms with E-state index in [0.717, 1.165) is 19.6 Å². The maximum atomic E-state index is 12.9. The fraction of sp³-hybridized carbons (Fsp3) is 0.857. The minimum atomic E-state index is -0.665. The summed E-state index contributed by atoms with van der Waals surface area (Å²) in [4.78, 5) is 17.4. The van der Waals surface area contributed by atoms with Crippen LogP contribution in [0, 0.1) is 5.41 Å². The number of piperazine rings is 1. The molecule has 2 N–H and O–H groups in total. The summed E-state index contributed by atoms with van der Waals surface area (Å²) in [5.41, 5.74) is 5.20. The zero-order chi connectivity index (χ0) is 14.8. The van der Waals surface area contributed by atoms with Crippen molar-refractivity contribution in [3.8, 4) is 0 Å². The lowest BCUT2D eigenvalue weighted by Crippen LogP contribution is -2.62. The van der Waals surface area contributed by atoms with Gasteiger partial charge in [-0.05, 0) is 33.7 Å². The molecule has 1 heterocycles. The number of likely N-dealkylation sites (N-methyl/N-ethyl adjacent to an activating group) is 1. The Bertz CT molecular complexity index is 364. The van der Waals surface area contributed by atoms with Gasteiger partial charge in [0.1, 0.15) is 0 Å². The topological polar surface area (TPSA) is 49.6 Å². The van der Waals surface area contributed by atoms with Gasteiger partial charge in [0.25, 0.3) is 0 Å². The molecule has 0 aromatic carbocycles. The molecule has 0 aliphatic carbocycles. The van der Waals surface area contributed by atoms with Gasteiger partial charge in [-0.2, -0.15) is 0 Å². The summed E-state index contributed by atoms with van der Waals surface area (Å²) < 4.78 is 0. The smallest absolute Gasteiger partial charge is 0.235 e. The van der Waals surface area contributed by atoms with E-state index in [1.807, 2.05) is 18.7 Å². The van der Waals surface area contributed by atoms with Crippen LogP contribution in [0.3, 0.4) is 0 Å². The first-order chi connectivity index (χ1) is 8.71. The number of nitrogens with zero attached hydrogens (tertiary/aromatic N) is 2. The number of nitrogens with two attached hydrogens (primary N) is 1. The molecule has 0 bridgehead atoms. The summed E-state index contributed by atoms with van der Waals surface area (Å²) >= 11 is 5.17. The van der Waals surface area contributed by atoms with E-state index in [1.54, 1.807) is 0 Å². The highest BCUT2D eigenvalue weighted by molar-refractivity contribution is 7.80. The summed E-state index contributed by atoms with van der Waals surface area (Å²) in [6.45, 7) is 10.7. The van der Waals surface area contributed by atoms with Crippen molar-refractivity contribution in [2.24, 2.45) is 11.1 Å². The van der Waals surface area contributed by atoms with Crippen LogP contribution in [0.2, 0.25) is 0 Å². The van der Waals surface area contributed by atoms with Crippen LogP contribution in [0.1, 0.15) is 40.5 Å². The molecule has 4 nitrogen and oxygen atoms in total.